The van der Waals surface area contributed by atoms with E-state index in [-0.39, 0.29) is 6.61 Å². The molecular weight excluding hydrogens is 332 g/mol. The van der Waals surface area contributed by atoms with Crippen molar-refractivity contribution in [2.24, 2.45) is 0 Å². The predicted octanol–water partition coefficient (Wildman–Crippen LogP) is 3.86. The van der Waals surface area contributed by atoms with Crippen molar-refractivity contribution in [3.8, 4) is 10.6 Å². The molecule has 0 aliphatic rings. The number of hydrogen-bond acceptors (Lipinski definition) is 6. The zero-order valence-corrected chi connectivity index (χ0v) is 14.2. The molecule has 4 aromatic rings. The van der Waals surface area contributed by atoms with Crippen LogP contribution < -0.4 is 5.32 Å². The third kappa shape index (κ3) is 3.35. The van der Waals surface area contributed by atoms with Gasteiger partial charge >= 0.3 is 0 Å². The summed E-state index contributed by atoms with van der Waals surface area (Å²) in [5.74, 6) is 0.678. The minimum absolute atomic E-state index is 0.0639. The summed E-state index contributed by atoms with van der Waals surface area (Å²) in [4.78, 5) is 4.61. The van der Waals surface area contributed by atoms with Crippen LogP contribution in [0.25, 0.3) is 21.5 Å². The molecule has 0 amide bonds. The lowest BCUT2D eigenvalue weighted by Crippen LogP contribution is -2.05. The lowest BCUT2D eigenvalue weighted by atomic mass is 10.1. The zero-order chi connectivity index (χ0) is 17.1. The third-order valence-electron chi connectivity index (χ3n) is 3.87. The molecule has 0 fully saturated rings. The summed E-state index contributed by atoms with van der Waals surface area (Å²) in [6.45, 7) is 0.453. The van der Waals surface area contributed by atoms with Gasteiger partial charge in [-0.25, -0.2) is 4.98 Å². The molecule has 6 heteroatoms. The molecule has 2 aromatic carbocycles. The largest absolute Gasteiger partial charge is 0.392 e. The molecule has 0 saturated heterocycles. The first-order valence-electron chi connectivity index (χ1n) is 7.94. The quantitative estimate of drug-likeness (QED) is 0.573. The number of nitrogens with one attached hydrogen (secondary N) is 1. The molecule has 2 N–H and O–H groups in total. The van der Waals surface area contributed by atoms with E-state index < -0.39 is 0 Å². The summed E-state index contributed by atoms with van der Waals surface area (Å²) >= 11 is 1.55. The van der Waals surface area contributed by atoms with Crippen molar-refractivity contribution in [1.29, 1.82) is 0 Å². The topological polar surface area (TPSA) is 70.9 Å². The Balaban J connectivity index is 1.55. The molecule has 2 heterocycles. The minimum Gasteiger partial charge on any atom is -0.392 e. The standard InChI is InChI=1S/C19H16N4OS/c24-12-15-10-14-8-4-5-9-16(14)21-18(15)20-11-17-22-23-19(25-17)13-6-2-1-3-7-13/h1-10,24H,11-12H2,(H,20,21). The van der Waals surface area contributed by atoms with Crippen molar-refractivity contribution in [3.63, 3.8) is 0 Å². The first kappa shape index (κ1) is 15.7. The Morgan fingerprint density at radius 2 is 1.76 bits per heavy atom. The highest BCUT2D eigenvalue weighted by Crippen LogP contribution is 2.25. The van der Waals surface area contributed by atoms with Crippen molar-refractivity contribution >= 4 is 28.1 Å². The second-order valence-electron chi connectivity index (χ2n) is 5.57. The summed E-state index contributed by atoms with van der Waals surface area (Å²) in [5, 5.41) is 24.2. The van der Waals surface area contributed by atoms with Gasteiger partial charge in [0.15, 0.2) is 0 Å². The fourth-order valence-corrected chi connectivity index (χ4v) is 3.40. The highest BCUT2D eigenvalue weighted by atomic mass is 32.1. The fourth-order valence-electron chi connectivity index (χ4n) is 2.62. The molecule has 124 valence electrons. The smallest absolute Gasteiger partial charge is 0.147 e. The van der Waals surface area contributed by atoms with E-state index in [1.807, 2.05) is 60.7 Å². The van der Waals surface area contributed by atoms with Crippen LogP contribution in [0.3, 0.4) is 0 Å². The zero-order valence-electron chi connectivity index (χ0n) is 13.4. The number of hydrogen-bond donors (Lipinski definition) is 2. The molecule has 0 aliphatic carbocycles. The van der Waals surface area contributed by atoms with Gasteiger partial charge in [0.05, 0.1) is 18.7 Å². The predicted molar refractivity (Wildman–Crippen MR) is 100 cm³/mol. The number of anilines is 1. The van der Waals surface area contributed by atoms with Crippen LogP contribution in [0.2, 0.25) is 0 Å². The van der Waals surface area contributed by atoms with E-state index in [0.29, 0.717) is 12.4 Å². The molecule has 5 nitrogen and oxygen atoms in total. The number of pyridine rings is 1. The lowest BCUT2D eigenvalue weighted by molar-refractivity contribution is 0.282. The van der Waals surface area contributed by atoms with Gasteiger partial charge in [-0.05, 0) is 12.1 Å². The monoisotopic (exact) mass is 348 g/mol. The summed E-state index contributed by atoms with van der Waals surface area (Å²) in [6, 6.07) is 19.8. The van der Waals surface area contributed by atoms with Gasteiger partial charge in [0, 0.05) is 16.5 Å². The van der Waals surface area contributed by atoms with Crippen LogP contribution in [0.5, 0.6) is 0 Å². The Bertz CT molecular complexity index is 1000. The van der Waals surface area contributed by atoms with Crippen LogP contribution in [0, 0.1) is 0 Å². The van der Waals surface area contributed by atoms with Crippen LogP contribution in [0.15, 0.2) is 60.7 Å². The number of aromatic nitrogens is 3. The average Bonchev–Trinajstić information content (AvgIpc) is 3.15. The number of benzene rings is 2. The van der Waals surface area contributed by atoms with Crippen molar-refractivity contribution in [2.75, 3.05) is 5.32 Å². The normalized spacial score (nSPS) is 10.9. The van der Waals surface area contributed by atoms with Gasteiger partial charge in [-0.15, -0.1) is 10.2 Å². The highest BCUT2D eigenvalue weighted by Gasteiger charge is 2.09. The number of para-hydroxylation sites is 1. The Hall–Kier alpha value is -2.83. The van der Waals surface area contributed by atoms with E-state index in [2.05, 4.69) is 20.5 Å². The Labute approximate surface area is 149 Å². The van der Waals surface area contributed by atoms with E-state index in [1.165, 1.54) is 0 Å². The Morgan fingerprint density at radius 3 is 2.60 bits per heavy atom. The van der Waals surface area contributed by atoms with Gasteiger partial charge in [-0.2, -0.15) is 0 Å². The molecule has 0 spiro atoms. The minimum atomic E-state index is -0.0639. The van der Waals surface area contributed by atoms with Crippen molar-refractivity contribution in [2.45, 2.75) is 13.2 Å². The number of rotatable bonds is 5. The highest BCUT2D eigenvalue weighted by molar-refractivity contribution is 7.14. The van der Waals surface area contributed by atoms with Gasteiger partial charge in [0.2, 0.25) is 0 Å². The van der Waals surface area contributed by atoms with Gasteiger partial charge in [-0.3, -0.25) is 0 Å². The molecule has 0 atom stereocenters. The maximum absolute atomic E-state index is 9.62. The summed E-state index contributed by atoms with van der Waals surface area (Å²) < 4.78 is 0. The second kappa shape index (κ2) is 6.96. The average molecular weight is 348 g/mol. The van der Waals surface area contributed by atoms with E-state index in [9.17, 15) is 5.11 Å². The molecule has 0 bridgehead atoms. The molecule has 2 aromatic heterocycles. The third-order valence-corrected chi connectivity index (χ3v) is 4.84. The molecule has 0 aliphatic heterocycles. The van der Waals surface area contributed by atoms with Gasteiger partial charge < -0.3 is 10.4 Å². The molecule has 0 unspecified atom stereocenters. The van der Waals surface area contributed by atoms with Crippen molar-refractivity contribution in [3.05, 3.63) is 71.2 Å². The van der Waals surface area contributed by atoms with E-state index in [1.54, 1.807) is 11.3 Å². The van der Waals surface area contributed by atoms with Gasteiger partial charge in [0.25, 0.3) is 0 Å². The van der Waals surface area contributed by atoms with Crippen LogP contribution in [-0.4, -0.2) is 20.3 Å². The summed E-state index contributed by atoms with van der Waals surface area (Å²) in [7, 11) is 0. The van der Waals surface area contributed by atoms with Gasteiger partial charge in [-0.1, -0.05) is 59.9 Å². The number of nitrogens with zero attached hydrogens (tertiary/aromatic N) is 3. The molecule has 0 radical (unpaired) electrons. The van der Waals surface area contributed by atoms with Crippen LogP contribution in [-0.2, 0) is 13.2 Å². The van der Waals surface area contributed by atoms with Crippen LogP contribution in [0.4, 0.5) is 5.82 Å². The molecular formula is C19H16N4OS. The first-order valence-corrected chi connectivity index (χ1v) is 8.76. The molecule has 25 heavy (non-hydrogen) atoms. The van der Waals surface area contributed by atoms with E-state index in [0.717, 1.165) is 32.0 Å². The SMILES string of the molecule is OCc1cc2ccccc2nc1NCc1nnc(-c2ccccc2)s1. The number of fused-ring (bicyclic) bond motifs is 1. The fraction of sp³-hybridized carbons (Fsp3) is 0.105. The first-order chi connectivity index (χ1) is 12.3. The van der Waals surface area contributed by atoms with E-state index in [4.69, 9.17) is 0 Å². The van der Waals surface area contributed by atoms with Crippen LogP contribution >= 0.6 is 11.3 Å². The maximum atomic E-state index is 9.62. The Morgan fingerprint density at radius 1 is 0.960 bits per heavy atom. The Kier molecular flexibility index (Phi) is 4.37. The number of aliphatic hydroxyl groups is 1. The maximum Gasteiger partial charge on any atom is 0.147 e. The van der Waals surface area contributed by atoms with Crippen molar-refractivity contribution in [1.82, 2.24) is 15.2 Å². The summed E-state index contributed by atoms with van der Waals surface area (Å²) in [5.41, 5.74) is 2.72. The van der Waals surface area contributed by atoms with E-state index >= 15 is 0 Å². The number of aliphatic hydroxyl groups excluding tert-OH is 1. The van der Waals surface area contributed by atoms with Gasteiger partial charge in [0.1, 0.15) is 15.8 Å². The summed E-state index contributed by atoms with van der Waals surface area (Å²) in [6.07, 6.45) is 0. The molecule has 4 rings (SSSR count). The molecule has 0 saturated carbocycles. The second-order valence-corrected chi connectivity index (χ2v) is 6.63. The van der Waals surface area contributed by atoms with Crippen molar-refractivity contribution < 1.29 is 5.11 Å². The lowest BCUT2D eigenvalue weighted by Gasteiger charge is -2.10. The van der Waals surface area contributed by atoms with Crippen LogP contribution in [0.1, 0.15) is 10.6 Å².